The number of benzene rings is 3. The monoisotopic (exact) mass is 536 g/mol. The second kappa shape index (κ2) is 12.1. The van der Waals surface area contributed by atoms with E-state index in [1.807, 2.05) is 60.7 Å². The molecule has 10 nitrogen and oxygen atoms in total. The lowest BCUT2D eigenvalue weighted by Crippen LogP contribution is -2.42. The van der Waals surface area contributed by atoms with Crippen molar-refractivity contribution >= 4 is 28.5 Å². The highest BCUT2D eigenvalue weighted by Gasteiger charge is 2.32. The number of anilines is 1. The molecular formula is C30H28N6O4. The van der Waals surface area contributed by atoms with Crippen LogP contribution in [0, 0.1) is 0 Å². The first-order chi connectivity index (χ1) is 19.6. The predicted octanol–water partition coefficient (Wildman–Crippen LogP) is 4.25. The summed E-state index contributed by atoms with van der Waals surface area (Å²) in [6.07, 6.45) is 3.34. The third-order valence-corrected chi connectivity index (χ3v) is 6.44. The molecule has 202 valence electrons. The summed E-state index contributed by atoms with van der Waals surface area (Å²) in [5.41, 5.74) is 3.27. The minimum atomic E-state index is -0.976. The molecule has 0 spiro atoms. The van der Waals surface area contributed by atoms with Crippen molar-refractivity contribution in [1.82, 2.24) is 24.9 Å². The standard InChI is InChI=1S/C30H28N6O4/c1-39-23-14-15-25(27(17-23)40-2)32-30(38)29(22-10-4-3-5-11-22)35(19-21-9-8-16-31-18-21)28(37)20-36-26-13-7-6-12-24(26)33-34-36/h3-18,29H,19-20H2,1-2H3,(H,32,38)/t29-/m0/s1. The van der Waals surface area contributed by atoms with Gasteiger partial charge in [-0.1, -0.05) is 53.7 Å². The van der Waals surface area contributed by atoms with Gasteiger partial charge in [-0.3, -0.25) is 14.6 Å². The van der Waals surface area contributed by atoms with E-state index in [0.717, 1.165) is 11.1 Å². The number of fused-ring (bicyclic) bond motifs is 1. The van der Waals surface area contributed by atoms with Crippen molar-refractivity contribution in [3.8, 4) is 11.5 Å². The van der Waals surface area contributed by atoms with Crippen molar-refractivity contribution < 1.29 is 19.1 Å². The third-order valence-electron chi connectivity index (χ3n) is 6.44. The van der Waals surface area contributed by atoms with E-state index in [1.165, 1.54) is 12.0 Å². The third kappa shape index (κ3) is 5.75. The van der Waals surface area contributed by atoms with Crippen LogP contribution in [0.4, 0.5) is 5.69 Å². The van der Waals surface area contributed by atoms with Gasteiger partial charge in [0.1, 0.15) is 29.6 Å². The lowest BCUT2D eigenvalue weighted by Gasteiger charge is -2.31. The van der Waals surface area contributed by atoms with E-state index in [1.54, 1.807) is 48.5 Å². The number of hydrogen-bond donors (Lipinski definition) is 1. The molecule has 0 bridgehead atoms. The molecule has 0 aliphatic carbocycles. The summed E-state index contributed by atoms with van der Waals surface area (Å²) in [6.45, 7) is 0.0370. The van der Waals surface area contributed by atoms with E-state index in [-0.39, 0.29) is 19.0 Å². The van der Waals surface area contributed by atoms with Gasteiger partial charge in [0.15, 0.2) is 0 Å². The summed E-state index contributed by atoms with van der Waals surface area (Å²) in [4.78, 5) is 33.8. The van der Waals surface area contributed by atoms with Crippen LogP contribution in [0.3, 0.4) is 0 Å². The van der Waals surface area contributed by atoms with E-state index in [9.17, 15) is 9.59 Å². The molecule has 0 radical (unpaired) electrons. The molecule has 2 amide bonds. The first-order valence-corrected chi connectivity index (χ1v) is 12.6. The lowest BCUT2D eigenvalue weighted by atomic mass is 10.0. The van der Waals surface area contributed by atoms with E-state index in [4.69, 9.17) is 9.47 Å². The Bertz CT molecular complexity index is 1610. The molecule has 3 aromatic carbocycles. The second-order valence-corrected chi connectivity index (χ2v) is 8.99. The molecule has 10 heteroatoms. The maximum Gasteiger partial charge on any atom is 0.251 e. The molecule has 2 heterocycles. The van der Waals surface area contributed by atoms with Crippen LogP contribution in [0.1, 0.15) is 17.2 Å². The van der Waals surface area contributed by atoms with Gasteiger partial charge in [-0.25, -0.2) is 4.68 Å². The highest BCUT2D eigenvalue weighted by atomic mass is 16.5. The number of para-hydroxylation sites is 1. The Hall–Kier alpha value is -5.25. The maximum atomic E-state index is 14.0. The smallest absolute Gasteiger partial charge is 0.251 e. The Morgan fingerprint density at radius 3 is 2.50 bits per heavy atom. The second-order valence-electron chi connectivity index (χ2n) is 8.99. The van der Waals surface area contributed by atoms with Crippen LogP contribution in [0.2, 0.25) is 0 Å². The van der Waals surface area contributed by atoms with Crippen LogP contribution >= 0.6 is 0 Å². The van der Waals surface area contributed by atoms with Crippen LogP contribution in [0.15, 0.2) is 97.3 Å². The molecule has 0 aliphatic rings. The van der Waals surface area contributed by atoms with Crippen molar-refractivity contribution in [3.63, 3.8) is 0 Å². The van der Waals surface area contributed by atoms with Gasteiger partial charge in [0, 0.05) is 25.0 Å². The Morgan fingerprint density at radius 2 is 1.75 bits per heavy atom. The Kier molecular flexibility index (Phi) is 7.96. The van der Waals surface area contributed by atoms with E-state index in [2.05, 4.69) is 20.6 Å². The molecule has 1 N–H and O–H groups in total. The number of rotatable bonds is 10. The van der Waals surface area contributed by atoms with Crippen molar-refractivity contribution in [1.29, 1.82) is 0 Å². The number of pyridine rings is 1. The quantitative estimate of drug-likeness (QED) is 0.284. The van der Waals surface area contributed by atoms with E-state index in [0.29, 0.717) is 28.3 Å². The molecule has 1 atom stereocenters. The fourth-order valence-electron chi connectivity index (χ4n) is 4.48. The molecule has 0 fully saturated rings. The topological polar surface area (TPSA) is 111 Å². The van der Waals surface area contributed by atoms with Crippen molar-refractivity contribution in [2.45, 2.75) is 19.1 Å². The van der Waals surface area contributed by atoms with Gasteiger partial charge in [0.2, 0.25) is 5.91 Å². The zero-order valence-electron chi connectivity index (χ0n) is 22.1. The van der Waals surface area contributed by atoms with Gasteiger partial charge in [0.05, 0.1) is 25.4 Å². The van der Waals surface area contributed by atoms with Crippen molar-refractivity contribution in [2.75, 3.05) is 19.5 Å². The highest BCUT2D eigenvalue weighted by molar-refractivity contribution is 5.99. The highest BCUT2D eigenvalue weighted by Crippen LogP contribution is 2.32. The van der Waals surface area contributed by atoms with E-state index < -0.39 is 11.9 Å². The predicted molar refractivity (Wildman–Crippen MR) is 150 cm³/mol. The van der Waals surface area contributed by atoms with Crippen LogP contribution in [0.5, 0.6) is 11.5 Å². The summed E-state index contributed by atoms with van der Waals surface area (Å²) >= 11 is 0. The zero-order valence-corrected chi connectivity index (χ0v) is 22.1. The van der Waals surface area contributed by atoms with Gasteiger partial charge >= 0.3 is 0 Å². The van der Waals surface area contributed by atoms with Crippen molar-refractivity contribution in [2.24, 2.45) is 0 Å². The summed E-state index contributed by atoms with van der Waals surface area (Å²) in [5.74, 6) is 0.294. The number of ether oxygens (including phenoxy) is 2. The number of aromatic nitrogens is 4. The number of amides is 2. The number of nitrogens with zero attached hydrogens (tertiary/aromatic N) is 5. The number of carbonyl (C=O) groups excluding carboxylic acids is 2. The van der Waals surface area contributed by atoms with E-state index >= 15 is 0 Å². The lowest BCUT2D eigenvalue weighted by molar-refractivity contribution is -0.140. The number of methoxy groups -OCH3 is 2. The fourth-order valence-corrected chi connectivity index (χ4v) is 4.48. The van der Waals surface area contributed by atoms with Gasteiger partial charge in [-0.05, 0) is 41.5 Å². The van der Waals surface area contributed by atoms with Gasteiger partial charge in [-0.15, -0.1) is 5.10 Å². The van der Waals surface area contributed by atoms with Gasteiger partial charge in [0.25, 0.3) is 5.91 Å². The maximum absolute atomic E-state index is 14.0. The fraction of sp³-hybridized carbons (Fsp3) is 0.167. The number of carbonyl (C=O) groups is 2. The first-order valence-electron chi connectivity index (χ1n) is 12.6. The Labute approximate surface area is 231 Å². The number of nitrogens with one attached hydrogen (secondary N) is 1. The van der Waals surface area contributed by atoms with Gasteiger partial charge < -0.3 is 19.7 Å². The molecule has 5 rings (SSSR count). The molecular weight excluding hydrogens is 508 g/mol. The Balaban J connectivity index is 1.54. The largest absolute Gasteiger partial charge is 0.497 e. The molecule has 40 heavy (non-hydrogen) atoms. The average molecular weight is 537 g/mol. The summed E-state index contributed by atoms with van der Waals surface area (Å²) in [6, 6.07) is 24.4. The summed E-state index contributed by atoms with van der Waals surface area (Å²) < 4.78 is 12.3. The SMILES string of the molecule is COc1ccc(NC(=O)[C@H](c2ccccc2)N(Cc2cccnc2)C(=O)Cn2nnc3ccccc32)c(OC)c1. The molecule has 0 unspecified atom stereocenters. The Morgan fingerprint density at radius 1 is 0.950 bits per heavy atom. The average Bonchev–Trinajstić information content (AvgIpc) is 3.40. The van der Waals surface area contributed by atoms with Crippen LogP contribution in [-0.2, 0) is 22.7 Å². The van der Waals surface area contributed by atoms with Crippen LogP contribution in [0.25, 0.3) is 11.0 Å². The van der Waals surface area contributed by atoms with Crippen LogP contribution in [-0.4, -0.2) is 50.9 Å². The molecule has 0 saturated carbocycles. The molecule has 2 aromatic heterocycles. The van der Waals surface area contributed by atoms with Gasteiger partial charge in [-0.2, -0.15) is 0 Å². The van der Waals surface area contributed by atoms with Crippen LogP contribution < -0.4 is 14.8 Å². The summed E-state index contributed by atoms with van der Waals surface area (Å²) in [7, 11) is 3.07. The van der Waals surface area contributed by atoms with Crippen molar-refractivity contribution in [3.05, 3.63) is 108 Å². The first kappa shape index (κ1) is 26.4. The molecule has 0 aliphatic heterocycles. The minimum absolute atomic E-state index is 0.108. The molecule has 0 saturated heterocycles. The minimum Gasteiger partial charge on any atom is -0.497 e. The number of hydrogen-bond acceptors (Lipinski definition) is 7. The molecule has 5 aromatic rings. The summed E-state index contributed by atoms with van der Waals surface area (Å²) in [5, 5.41) is 11.3. The normalized spacial score (nSPS) is 11.6. The zero-order chi connectivity index (χ0) is 27.9.